The Morgan fingerprint density at radius 3 is 2.54 bits per heavy atom. The molecule has 1 saturated heterocycles. The maximum Gasteiger partial charge on any atom is 0.260 e. The highest BCUT2D eigenvalue weighted by Gasteiger charge is 2.26. The Bertz CT molecular complexity index is 654. The fraction of sp³-hybridized carbons (Fsp3) is 0.350. The minimum absolute atomic E-state index is 0.00971. The standard InChI is InChI=1S/C20H23NO3/c22-14-17-6-8-19(9-7-17)24-15-20(23)21-11-10-18(13-21)12-16-4-2-1-3-5-16/h1-9,18,22H,10-15H2/t18-/m1/s1. The molecule has 2 aromatic carbocycles. The van der Waals surface area contributed by atoms with Crippen LogP contribution in [0.2, 0.25) is 0 Å². The molecule has 1 aliphatic rings. The molecule has 0 spiro atoms. The monoisotopic (exact) mass is 325 g/mol. The third-order valence-electron chi connectivity index (χ3n) is 4.47. The number of amides is 1. The van der Waals surface area contributed by atoms with Crippen molar-refractivity contribution in [3.05, 3.63) is 65.7 Å². The molecule has 24 heavy (non-hydrogen) atoms. The second-order valence-corrected chi connectivity index (χ2v) is 6.27. The smallest absolute Gasteiger partial charge is 0.260 e. The zero-order valence-electron chi connectivity index (χ0n) is 13.7. The second kappa shape index (κ2) is 7.97. The Labute approximate surface area is 142 Å². The zero-order chi connectivity index (χ0) is 16.8. The molecule has 1 heterocycles. The summed E-state index contributed by atoms with van der Waals surface area (Å²) in [6.07, 6.45) is 2.07. The van der Waals surface area contributed by atoms with Gasteiger partial charge in [0.05, 0.1) is 6.61 Å². The summed E-state index contributed by atoms with van der Waals surface area (Å²) in [5.41, 5.74) is 2.16. The first-order chi connectivity index (χ1) is 11.7. The minimum atomic E-state index is 0.00971. The van der Waals surface area contributed by atoms with Crippen molar-refractivity contribution in [3.8, 4) is 5.75 Å². The number of ether oxygens (including phenoxy) is 1. The van der Waals surface area contributed by atoms with Crippen molar-refractivity contribution < 1.29 is 14.6 Å². The van der Waals surface area contributed by atoms with Crippen LogP contribution in [0.3, 0.4) is 0 Å². The molecule has 0 aliphatic carbocycles. The Balaban J connectivity index is 1.45. The molecule has 4 heteroatoms. The maximum atomic E-state index is 12.3. The molecule has 1 aliphatic heterocycles. The second-order valence-electron chi connectivity index (χ2n) is 6.27. The van der Waals surface area contributed by atoms with Crippen LogP contribution >= 0.6 is 0 Å². The van der Waals surface area contributed by atoms with E-state index in [9.17, 15) is 4.79 Å². The summed E-state index contributed by atoms with van der Waals surface area (Å²) in [5, 5.41) is 9.02. The molecule has 1 amide bonds. The molecule has 0 bridgehead atoms. The van der Waals surface area contributed by atoms with Gasteiger partial charge in [0.1, 0.15) is 5.75 Å². The van der Waals surface area contributed by atoms with E-state index in [1.807, 2.05) is 11.0 Å². The molecule has 2 aromatic rings. The first kappa shape index (κ1) is 16.5. The van der Waals surface area contributed by atoms with Crippen molar-refractivity contribution in [1.29, 1.82) is 0 Å². The van der Waals surface area contributed by atoms with E-state index in [1.165, 1.54) is 5.56 Å². The van der Waals surface area contributed by atoms with Gasteiger partial charge in [-0.25, -0.2) is 0 Å². The van der Waals surface area contributed by atoms with Crippen LogP contribution in [0.15, 0.2) is 54.6 Å². The van der Waals surface area contributed by atoms with Crippen LogP contribution in [0.4, 0.5) is 0 Å². The summed E-state index contributed by atoms with van der Waals surface area (Å²) in [5.74, 6) is 1.22. The van der Waals surface area contributed by atoms with Gasteiger partial charge in [0.25, 0.3) is 5.91 Å². The predicted molar refractivity (Wildman–Crippen MR) is 92.7 cm³/mol. The lowest BCUT2D eigenvalue weighted by molar-refractivity contribution is -0.132. The van der Waals surface area contributed by atoms with Crippen molar-refractivity contribution in [2.24, 2.45) is 5.92 Å². The number of hydrogen-bond acceptors (Lipinski definition) is 3. The van der Waals surface area contributed by atoms with Gasteiger partial charge in [-0.2, -0.15) is 0 Å². The van der Waals surface area contributed by atoms with Gasteiger partial charge >= 0.3 is 0 Å². The molecule has 1 N–H and O–H groups in total. The molecule has 3 rings (SSSR count). The normalized spacial score (nSPS) is 17.0. The minimum Gasteiger partial charge on any atom is -0.484 e. The highest BCUT2D eigenvalue weighted by molar-refractivity contribution is 5.78. The fourth-order valence-electron chi connectivity index (χ4n) is 3.10. The summed E-state index contributed by atoms with van der Waals surface area (Å²) in [4.78, 5) is 14.2. The van der Waals surface area contributed by atoms with E-state index in [-0.39, 0.29) is 19.1 Å². The van der Waals surface area contributed by atoms with Gasteiger partial charge in [0, 0.05) is 13.1 Å². The number of benzene rings is 2. The summed E-state index contributed by atoms with van der Waals surface area (Å²) < 4.78 is 5.56. The van der Waals surface area contributed by atoms with E-state index in [0.29, 0.717) is 11.7 Å². The summed E-state index contributed by atoms with van der Waals surface area (Å²) in [6.45, 7) is 1.69. The van der Waals surface area contributed by atoms with Crippen LogP contribution in [-0.2, 0) is 17.8 Å². The number of carbonyl (C=O) groups excluding carboxylic acids is 1. The van der Waals surface area contributed by atoms with Crippen LogP contribution in [0, 0.1) is 5.92 Å². The summed E-state index contributed by atoms with van der Waals surface area (Å²) in [7, 11) is 0. The number of aliphatic hydroxyl groups excluding tert-OH is 1. The molecule has 1 atom stereocenters. The predicted octanol–water partition coefficient (Wildman–Crippen LogP) is 2.65. The van der Waals surface area contributed by atoms with Crippen LogP contribution in [0.25, 0.3) is 0 Å². The van der Waals surface area contributed by atoms with Gasteiger partial charge in [-0.3, -0.25) is 4.79 Å². The first-order valence-electron chi connectivity index (χ1n) is 8.39. The van der Waals surface area contributed by atoms with E-state index in [4.69, 9.17) is 9.84 Å². The van der Waals surface area contributed by atoms with Crippen molar-refractivity contribution in [2.45, 2.75) is 19.4 Å². The van der Waals surface area contributed by atoms with Gasteiger partial charge in [-0.15, -0.1) is 0 Å². The quantitative estimate of drug-likeness (QED) is 0.888. The Morgan fingerprint density at radius 1 is 1.08 bits per heavy atom. The van der Waals surface area contributed by atoms with Gasteiger partial charge in [0.15, 0.2) is 6.61 Å². The number of carbonyl (C=O) groups is 1. The van der Waals surface area contributed by atoms with Gasteiger partial charge in [-0.05, 0) is 42.0 Å². The fourth-order valence-corrected chi connectivity index (χ4v) is 3.10. The molecule has 0 aromatic heterocycles. The lowest BCUT2D eigenvalue weighted by atomic mass is 9.99. The molecule has 4 nitrogen and oxygen atoms in total. The Kier molecular flexibility index (Phi) is 5.49. The highest BCUT2D eigenvalue weighted by Crippen LogP contribution is 2.21. The summed E-state index contributed by atoms with van der Waals surface area (Å²) in [6, 6.07) is 17.6. The zero-order valence-corrected chi connectivity index (χ0v) is 13.7. The van der Waals surface area contributed by atoms with E-state index >= 15 is 0 Å². The Morgan fingerprint density at radius 2 is 1.83 bits per heavy atom. The number of hydrogen-bond donors (Lipinski definition) is 1. The van der Waals surface area contributed by atoms with Crippen molar-refractivity contribution in [2.75, 3.05) is 19.7 Å². The van der Waals surface area contributed by atoms with E-state index < -0.39 is 0 Å². The maximum absolute atomic E-state index is 12.3. The lowest BCUT2D eigenvalue weighted by Gasteiger charge is -2.17. The van der Waals surface area contributed by atoms with Gasteiger partial charge < -0.3 is 14.7 Å². The molecule has 126 valence electrons. The SMILES string of the molecule is O=C(COc1ccc(CO)cc1)N1CC[C@H](Cc2ccccc2)C1. The average Bonchev–Trinajstić information content (AvgIpc) is 3.09. The lowest BCUT2D eigenvalue weighted by Crippen LogP contribution is -2.33. The number of likely N-dealkylation sites (tertiary alicyclic amines) is 1. The van der Waals surface area contributed by atoms with Crippen LogP contribution in [0.1, 0.15) is 17.5 Å². The topological polar surface area (TPSA) is 49.8 Å². The van der Waals surface area contributed by atoms with Gasteiger partial charge in [-0.1, -0.05) is 42.5 Å². The molecule has 0 saturated carbocycles. The third-order valence-corrected chi connectivity index (χ3v) is 4.47. The van der Waals surface area contributed by atoms with E-state index in [1.54, 1.807) is 24.3 Å². The molecule has 0 unspecified atom stereocenters. The first-order valence-corrected chi connectivity index (χ1v) is 8.39. The van der Waals surface area contributed by atoms with Crippen molar-refractivity contribution in [1.82, 2.24) is 4.90 Å². The average molecular weight is 325 g/mol. The summed E-state index contributed by atoms with van der Waals surface area (Å²) >= 11 is 0. The highest BCUT2D eigenvalue weighted by atomic mass is 16.5. The third kappa shape index (κ3) is 4.36. The van der Waals surface area contributed by atoms with Crippen molar-refractivity contribution >= 4 is 5.91 Å². The molecular weight excluding hydrogens is 302 g/mol. The van der Waals surface area contributed by atoms with Crippen LogP contribution < -0.4 is 4.74 Å². The van der Waals surface area contributed by atoms with Gasteiger partial charge in [0.2, 0.25) is 0 Å². The number of rotatable bonds is 6. The number of nitrogens with zero attached hydrogens (tertiary/aromatic N) is 1. The van der Waals surface area contributed by atoms with Crippen LogP contribution in [-0.4, -0.2) is 35.6 Å². The largest absolute Gasteiger partial charge is 0.484 e. The van der Waals surface area contributed by atoms with E-state index in [2.05, 4.69) is 24.3 Å². The molecule has 1 fully saturated rings. The number of aliphatic hydroxyl groups is 1. The molecule has 0 radical (unpaired) electrons. The van der Waals surface area contributed by atoms with Crippen LogP contribution in [0.5, 0.6) is 5.75 Å². The Hall–Kier alpha value is -2.33. The van der Waals surface area contributed by atoms with Crippen molar-refractivity contribution in [3.63, 3.8) is 0 Å². The van der Waals surface area contributed by atoms with E-state index in [0.717, 1.165) is 31.5 Å². The molecular formula is C20H23NO3.